The summed E-state index contributed by atoms with van der Waals surface area (Å²) in [7, 11) is 3.18. The first kappa shape index (κ1) is 19.2. The van der Waals surface area contributed by atoms with Crippen molar-refractivity contribution in [2.24, 2.45) is 5.92 Å². The maximum atomic E-state index is 13.1. The first-order valence-electron chi connectivity index (χ1n) is 10.0. The molecule has 0 N–H and O–H groups in total. The lowest BCUT2D eigenvalue weighted by Crippen LogP contribution is -2.55. The highest BCUT2D eigenvalue weighted by Gasteiger charge is 2.47. The highest BCUT2D eigenvalue weighted by Crippen LogP contribution is 2.40. The van der Waals surface area contributed by atoms with E-state index in [1.54, 1.807) is 11.9 Å². The molecule has 26 heavy (non-hydrogen) atoms. The molecule has 3 rings (SSSR count). The third-order valence-electron chi connectivity index (χ3n) is 6.92. The Morgan fingerprint density at radius 2 is 1.88 bits per heavy atom. The molecule has 1 amide bonds. The van der Waals surface area contributed by atoms with Gasteiger partial charge >= 0.3 is 5.97 Å². The zero-order valence-corrected chi connectivity index (χ0v) is 16.1. The standard InChI is InChI=1S/C20H31N3O3/c1-22(20(14-21)10-6-3-7-11-20)18(24)13-23-16-9-5-4-8-15(16)12-17(23)19(25)26-2/h15-17H,3-13H2,1-2H3. The van der Waals surface area contributed by atoms with Gasteiger partial charge in [-0.3, -0.25) is 14.5 Å². The van der Waals surface area contributed by atoms with Crippen molar-refractivity contribution in [2.75, 3.05) is 20.7 Å². The first-order chi connectivity index (χ1) is 12.5. The van der Waals surface area contributed by atoms with Crippen LogP contribution >= 0.6 is 0 Å². The number of methoxy groups -OCH3 is 1. The minimum atomic E-state index is -0.679. The van der Waals surface area contributed by atoms with Gasteiger partial charge in [0, 0.05) is 13.1 Å². The van der Waals surface area contributed by atoms with E-state index in [1.165, 1.54) is 13.5 Å². The summed E-state index contributed by atoms with van der Waals surface area (Å²) < 4.78 is 5.01. The van der Waals surface area contributed by atoms with Crippen molar-refractivity contribution in [3.8, 4) is 6.07 Å². The van der Waals surface area contributed by atoms with Crippen molar-refractivity contribution < 1.29 is 14.3 Å². The molecular formula is C20H31N3O3. The van der Waals surface area contributed by atoms with Crippen LogP contribution in [-0.2, 0) is 14.3 Å². The average molecular weight is 361 g/mol. The summed E-state index contributed by atoms with van der Waals surface area (Å²) in [6, 6.07) is 2.38. The lowest BCUT2D eigenvalue weighted by Gasteiger charge is -2.41. The quantitative estimate of drug-likeness (QED) is 0.719. The van der Waals surface area contributed by atoms with Gasteiger partial charge in [0.25, 0.3) is 0 Å². The van der Waals surface area contributed by atoms with Gasteiger partial charge in [-0.25, -0.2) is 0 Å². The summed E-state index contributed by atoms with van der Waals surface area (Å²) in [5.74, 6) is 0.196. The van der Waals surface area contributed by atoms with E-state index in [4.69, 9.17) is 4.74 Å². The molecule has 0 bridgehead atoms. The second-order valence-electron chi connectivity index (χ2n) is 8.22. The largest absolute Gasteiger partial charge is 0.468 e. The molecular weight excluding hydrogens is 330 g/mol. The third-order valence-corrected chi connectivity index (χ3v) is 6.92. The molecule has 0 aromatic rings. The van der Waals surface area contributed by atoms with E-state index in [0.29, 0.717) is 5.92 Å². The van der Waals surface area contributed by atoms with E-state index in [0.717, 1.165) is 57.8 Å². The molecule has 1 aliphatic heterocycles. The van der Waals surface area contributed by atoms with Crippen LogP contribution in [0.4, 0.5) is 0 Å². The molecule has 6 heteroatoms. The molecule has 1 saturated heterocycles. The minimum absolute atomic E-state index is 0.0476. The highest BCUT2D eigenvalue weighted by molar-refractivity contribution is 5.82. The van der Waals surface area contributed by atoms with E-state index in [2.05, 4.69) is 11.0 Å². The fourth-order valence-corrected chi connectivity index (χ4v) is 5.31. The van der Waals surface area contributed by atoms with Crippen molar-refractivity contribution in [1.82, 2.24) is 9.80 Å². The Hall–Kier alpha value is -1.61. The summed E-state index contributed by atoms with van der Waals surface area (Å²) in [5.41, 5.74) is -0.679. The van der Waals surface area contributed by atoms with Crippen molar-refractivity contribution in [3.63, 3.8) is 0 Å². The number of nitrogens with zero attached hydrogens (tertiary/aromatic N) is 3. The van der Waals surface area contributed by atoms with Gasteiger partial charge < -0.3 is 9.64 Å². The van der Waals surface area contributed by atoms with E-state index >= 15 is 0 Å². The Labute approximate surface area is 156 Å². The molecule has 0 aromatic heterocycles. The number of hydrogen-bond donors (Lipinski definition) is 0. The third kappa shape index (κ3) is 3.46. The Morgan fingerprint density at radius 1 is 1.19 bits per heavy atom. The molecule has 3 aliphatic rings. The summed E-state index contributed by atoms with van der Waals surface area (Å²) in [5, 5.41) is 9.76. The summed E-state index contributed by atoms with van der Waals surface area (Å²) in [4.78, 5) is 29.1. The number of esters is 1. The van der Waals surface area contributed by atoms with Crippen molar-refractivity contribution in [1.29, 1.82) is 5.26 Å². The number of carbonyl (C=O) groups is 2. The predicted octanol–water partition coefficient (Wildman–Crippen LogP) is 2.48. The lowest BCUT2D eigenvalue weighted by atomic mass is 9.81. The van der Waals surface area contributed by atoms with E-state index < -0.39 is 5.54 Å². The summed E-state index contributed by atoms with van der Waals surface area (Å²) in [6.07, 6.45) is 9.92. The molecule has 2 aliphatic carbocycles. The van der Waals surface area contributed by atoms with Gasteiger partial charge in [-0.2, -0.15) is 5.26 Å². The number of amides is 1. The smallest absolute Gasteiger partial charge is 0.323 e. The van der Waals surface area contributed by atoms with Crippen LogP contribution in [0.15, 0.2) is 0 Å². The molecule has 144 valence electrons. The number of fused-ring (bicyclic) bond motifs is 1. The molecule has 0 spiro atoms. The summed E-state index contributed by atoms with van der Waals surface area (Å²) in [6.45, 7) is 0.209. The van der Waals surface area contributed by atoms with Crippen LogP contribution in [0.2, 0.25) is 0 Å². The van der Waals surface area contributed by atoms with E-state index in [1.807, 2.05) is 0 Å². The van der Waals surface area contributed by atoms with Gasteiger partial charge in [-0.15, -0.1) is 0 Å². The number of likely N-dealkylation sites (N-methyl/N-ethyl adjacent to an activating group) is 1. The van der Waals surface area contributed by atoms with Crippen LogP contribution in [-0.4, -0.2) is 60.0 Å². The molecule has 3 atom stereocenters. The molecule has 2 saturated carbocycles. The second-order valence-corrected chi connectivity index (χ2v) is 8.22. The fraction of sp³-hybridized carbons (Fsp3) is 0.850. The zero-order chi connectivity index (χ0) is 18.7. The Balaban J connectivity index is 1.75. The SMILES string of the molecule is COC(=O)C1CC2CCCCC2N1CC(=O)N(C)C1(C#N)CCCCC1. The van der Waals surface area contributed by atoms with Crippen LogP contribution in [0.25, 0.3) is 0 Å². The fourth-order valence-electron chi connectivity index (χ4n) is 5.31. The van der Waals surface area contributed by atoms with E-state index in [-0.39, 0.29) is 30.5 Å². The number of ether oxygens (including phenoxy) is 1. The van der Waals surface area contributed by atoms with Crippen LogP contribution < -0.4 is 0 Å². The van der Waals surface area contributed by atoms with Crippen LogP contribution in [0, 0.1) is 17.2 Å². The summed E-state index contributed by atoms with van der Waals surface area (Å²) >= 11 is 0. The van der Waals surface area contributed by atoms with Gasteiger partial charge in [0.2, 0.25) is 5.91 Å². The monoisotopic (exact) mass is 361 g/mol. The molecule has 3 fully saturated rings. The number of carbonyl (C=O) groups excluding carboxylic acids is 2. The van der Waals surface area contributed by atoms with Gasteiger partial charge in [0.1, 0.15) is 11.6 Å². The Kier molecular flexibility index (Phi) is 5.86. The molecule has 3 unspecified atom stereocenters. The Morgan fingerprint density at radius 3 is 2.54 bits per heavy atom. The number of rotatable bonds is 4. The number of nitriles is 1. The van der Waals surface area contributed by atoms with Crippen molar-refractivity contribution in [3.05, 3.63) is 0 Å². The molecule has 0 aromatic carbocycles. The average Bonchev–Trinajstić information content (AvgIpc) is 3.05. The highest BCUT2D eigenvalue weighted by atomic mass is 16.5. The maximum Gasteiger partial charge on any atom is 0.323 e. The van der Waals surface area contributed by atoms with Gasteiger partial charge in [0.05, 0.1) is 19.7 Å². The van der Waals surface area contributed by atoms with Crippen molar-refractivity contribution >= 4 is 11.9 Å². The number of hydrogen-bond acceptors (Lipinski definition) is 5. The predicted molar refractivity (Wildman–Crippen MR) is 97.1 cm³/mol. The maximum absolute atomic E-state index is 13.1. The van der Waals surface area contributed by atoms with Gasteiger partial charge in [-0.05, 0) is 38.0 Å². The van der Waals surface area contributed by atoms with Crippen molar-refractivity contribution in [2.45, 2.75) is 81.8 Å². The lowest BCUT2D eigenvalue weighted by molar-refractivity contribution is -0.148. The number of likely N-dealkylation sites (tertiary alicyclic amines) is 1. The van der Waals surface area contributed by atoms with Crippen LogP contribution in [0.3, 0.4) is 0 Å². The first-order valence-corrected chi connectivity index (χ1v) is 10.0. The Bertz CT molecular complexity index is 579. The van der Waals surface area contributed by atoms with Gasteiger partial charge in [-0.1, -0.05) is 32.1 Å². The van der Waals surface area contributed by atoms with Crippen LogP contribution in [0.1, 0.15) is 64.2 Å². The second kappa shape index (κ2) is 7.96. The zero-order valence-electron chi connectivity index (χ0n) is 16.1. The minimum Gasteiger partial charge on any atom is -0.468 e. The van der Waals surface area contributed by atoms with E-state index in [9.17, 15) is 14.9 Å². The van der Waals surface area contributed by atoms with Gasteiger partial charge in [0.15, 0.2) is 0 Å². The topological polar surface area (TPSA) is 73.6 Å². The normalized spacial score (nSPS) is 30.9. The molecule has 6 nitrogen and oxygen atoms in total. The molecule has 0 radical (unpaired) electrons. The van der Waals surface area contributed by atoms with Crippen LogP contribution in [0.5, 0.6) is 0 Å². The molecule has 1 heterocycles.